The molecule has 2 aromatic carbocycles. The second kappa shape index (κ2) is 13.4. The minimum atomic E-state index is -1.53. The summed E-state index contributed by atoms with van der Waals surface area (Å²) in [7, 11) is 13.2. The van der Waals surface area contributed by atoms with E-state index in [1.165, 1.54) is 11.1 Å². The number of carboxylic acids is 2. The molecule has 0 aliphatic rings. The molecule has 0 bridgehead atoms. The molecule has 0 atom stereocenters. The van der Waals surface area contributed by atoms with Crippen molar-refractivity contribution in [2.75, 3.05) is 42.3 Å². The van der Waals surface area contributed by atoms with E-state index in [0.29, 0.717) is 6.08 Å². The SMILES string of the molecule is C/C(=C/C(=O)[O-])C(=O)[O-].C[N+](C)(C)Cc1ccccc1.C[N+](C)(C)Cc1ccccc1. The number of carbonyl (C=O) groups excluding carboxylic acids is 2. The first-order valence-corrected chi connectivity index (χ1v) is 9.99. The maximum absolute atomic E-state index is 9.76. The van der Waals surface area contributed by atoms with Gasteiger partial charge < -0.3 is 28.8 Å². The minimum Gasteiger partial charge on any atom is -0.545 e. The maximum Gasteiger partial charge on any atom is 0.104 e. The highest BCUT2D eigenvalue weighted by Gasteiger charge is 2.07. The number of carboxylic acid groups (broad SMARTS) is 2. The average Bonchev–Trinajstić information content (AvgIpc) is 2.61. The first-order chi connectivity index (χ1) is 14.2. The van der Waals surface area contributed by atoms with Crippen molar-refractivity contribution in [1.82, 2.24) is 0 Å². The van der Waals surface area contributed by atoms with Gasteiger partial charge in [-0.3, -0.25) is 0 Å². The van der Waals surface area contributed by atoms with Crippen LogP contribution >= 0.6 is 0 Å². The Morgan fingerprint density at radius 1 is 0.710 bits per heavy atom. The summed E-state index contributed by atoms with van der Waals surface area (Å²) in [5.74, 6) is -3.03. The van der Waals surface area contributed by atoms with Gasteiger partial charge in [0, 0.05) is 11.1 Å². The number of carbonyl (C=O) groups is 2. The molecule has 0 saturated carbocycles. The quantitative estimate of drug-likeness (QED) is 0.512. The summed E-state index contributed by atoms with van der Waals surface area (Å²) in [6, 6.07) is 21.1. The molecular weight excluding hydrogens is 392 g/mol. The van der Waals surface area contributed by atoms with Gasteiger partial charge in [-0.1, -0.05) is 60.7 Å². The molecule has 2 aromatic rings. The third kappa shape index (κ3) is 17.6. The van der Waals surface area contributed by atoms with Crippen molar-refractivity contribution in [2.24, 2.45) is 0 Å². The first kappa shape index (κ1) is 28.0. The second-order valence-electron chi connectivity index (χ2n) is 9.30. The summed E-state index contributed by atoms with van der Waals surface area (Å²) in [6.45, 7) is 3.31. The average molecular weight is 429 g/mol. The summed E-state index contributed by atoms with van der Waals surface area (Å²) in [4.78, 5) is 19.4. The Balaban J connectivity index is 0.000000439. The molecule has 0 aliphatic carbocycles. The lowest BCUT2D eigenvalue weighted by Gasteiger charge is -2.23. The Kier molecular flexibility index (Phi) is 12.1. The number of nitrogens with zero attached hydrogens (tertiary/aromatic N) is 2. The predicted octanol–water partition coefficient (Wildman–Crippen LogP) is 1.22. The van der Waals surface area contributed by atoms with Crippen LogP contribution in [-0.2, 0) is 22.7 Å². The standard InChI is InChI=1S/2C10H16N.C5H6O4/c2*1-11(2,3)9-10-7-5-4-6-8-10;1-3(5(8)9)2-4(6)7/h2*4-8H,9H2,1-3H3;2H,1H3,(H,6,7)(H,8,9)/q2*+1;/p-2/b;;3-2-. The monoisotopic (exact) mass is 428 g/mol. The van der Waals surface area contributed by atoms with Crippen LogP contribution in [0.4, 0.5) is 0 Å². The molecule has 0 fully saturated rings. The third-order valence-corrected chi connectivity index (χ3v) is 3.66. The van der Waals surface area contributed by atoms with E-state index in [-0.39, 0.29) is 5.57 Å². The van der Waals surface area contributed by atoms with Crippen LogP contribution in [0, 0.1) is 0 Å². The van der Waals surface area contributed by atoms with Crippen LogP contribution in [-0.4, -0.2) is 63.2 Å². The van der Waals surface area contributed by atoms with E-state index in [4.69, 9.17) is 0 Å². The van der Waals surface area contributed by atoms with E-state index < -0.39 is 11.9 Å². The number of quaternary nitrogens is 2. The molecular formula is C25H36N2O4. The highest BCUT2D eigenvalue weighted by atomic mass is 16.4. The van der Waals surface area contributed by atoms with Gasteiger partial charge >= 0.3 is 0 Å². The van der Waals surface area contributed by atoms with E-state index >= 15 is 0 Å². The van der Waals surface area contributed by atoms with Gasteiger partial charge in [0.25, 0.3) is 0 Å². The van der Waals surface area contributed by atoms with Crippen molar-refractivity contribution in [2.45, 2.75) is 20.0 Å². The Morgan fingerprint density at radius 3 is 1.23 bits per heavy atom. The zero-order valence-electron chi connectivity index (χ0n) is 19.8. The Bertz CT molecular complexity index is 767. The van der Waals surface area contributed by atoms with Crippen LogP contribution in [0.5, 0.6) is 0 Å². The van der Waals surface area contributed by atoms with E-state index in [1.54, 1.807) is 0 Å². The predicted molar refractivity (Wildman–Crippen MR) is 120 cm³/mol. The van der Waals surface area contributed by atoms with Gasteiger partial charge in [0.2, 0.25) is 0 Å². The van der Waals surface area contributed by atoms with Crippen LogP contribution in [0.3, 0.4) is 0 Å². The lowest BCUT2D eigenvalue weighted by atomic mass is 10.2. The summed E-state index contributed by atoms with van der Waals surface area (Å²) >= 11 is 0. The molecule has 0 unspecified atom stereocenters. The molecule has 6 heteroatoms. The molecule has 0 N–H and O–H groups in total. The molecule has 170 valence electrons. The Morgan fingerprint density at radius 2 is 1.03 bits per heavy atom. The van der Waals surface area contributed by atoms with Crippen molar-refractivity contribution in [3.8, 4) is 0 Å². The molecule has 0 amide bonds. The van der Waals surface area contributed by atoms with Crippen molar-refractivity contribution in [3.05, 3.63) is 83.4 Å². The molecule has 0 aliphatic heterocycles. The van der Waals surface area contributed by atoms with Crippen molar-refractivity contribution < 1.29 is 28.8 Å². The second-order valence-corrected chi connectivity index (χ2v) is 9.30. The number of hydrogen-bond acceptors (Lipinski definition) is 4. The van der Waals surface area contributed by atoms with Gasteiger partial charge in [-0.15, -0.1) is 0 Å². The Labute approximate surface area is 186 Å². The smallest absolute Gasteiger partial charge is 0.104 e. The zero-order valence-corrected chi connectivity index (χ0v) is 19.8. The third-order valence-electron chi connectivity index (χ3n) is 3.66. The highest BCUT2D eigenvalue weighted by molar-refractivity contribution is 5.92. The normalized spacial score (nSPS) is 11.4. The Hall–Kier alpha value is -2.96. The first-order valence-electron chi connectivity index (χ1n) is 9.99. The van der Waals surface area contributed by atoms with E-state index in [1.807, 2.05) is 0 Å². The summed E-state index contributed by atoms with van der Waals surface area (Å²) in [5, 5.41) is 19.4. The minimum absolute atomic E-state index is 0.352. The van der Waals surface area contributed by atoms with Gasteiger partial charge in [0.05, 0.1) is 54.2 Å². The zero-order chi connectivity index (χ0) is 24.1. The molecule has 2 rings (SSSR count). The lowest BCUT2D eigenvalue weighted by molar-refractivity contribution is -0.884. The van der Waals surface area contributed by atoms with Gasteiger partial charge in [0.1, 0.15) is 13.1 Å². The molecule has 31 heavy (non-hydrogen) atoms. The van der Waals surface area contributed by atoms with Gasteiger partial charge in [-0.25, -0.2) is 0 Å². The van der Waals surface area contributed by atoms with E-state index in [9.17, 15) is 19.8 Å². The molecule has 0 heterocycles. The maximum atomic E-state index is 9.76. The fraction of sp³-hybridized carbons (Fsp3) is 0.360. The topological polar surface area (TPSA) is 80.3 Å². The van der Waals surface area contributed by atoms with Crippen molar-refractivity contribution >= 4 is 11.9 Å². The van der Waals surface area contributed by atoms with E-state index in [2.05, 4.69) is 103 Å². The summed E-state index contributed by atoms with van der Waals surface area (Å²) < 4.78 is 1.98. The molecule has 6 nitrogen and oxygen atoms in total. The van der Waals surface area contributed by atoms with Crippen LogP contribution < -0.4 is 10.2 Å². The van der Waals surface area contributed by atoms with Crippen LogP contribution in [0.1, 0.15) is 18.1 Å². The highest BCUT2D eigenvalue weighted by Crippen LogP contribution is 2.06. The summed E-state index contributed by atoms with van der Waals surface area (Å²) in [6.07, 6.45) is 0.468. The van der Waals surface area contributed by atoms with Crippen LogP contribution in [0.25, 0.3) is 0 Å². The largest absolute Gasteiger partial charge is 0.545 e. The molecule has 0 radical (unpaired) electrons. The fourth-order valence-corrected chi connectivity index (χ4v) is 2.50. The molecule has 0 spiro atoms. The number of hydrogen-bond donors (Lipinski definition) is 0. The number of benzene rings is 2. The van der Waals surface area contributed by atoms with Gasteiger partial charge in [0.15, 0.2) is 0 Å². The van der Waals surface area contributed by atoms with Crippen molar-refractivity contribution in [1.29, 1.82) is 0 Å². The number of aliphatic carboxylic acids is 2. The van der Waals surface area contributed by atoms with Gasteiger partial charge in [-0.2, -0.15) is 0 Å². The molecule has 0 saturated heterocycles. The number of rotatable bonds is 6. The lowest BCUT2D eigenvalue weighted by Crippen LogP contribution is -2.33. The van der Waals surface area contributed by atoms with Gasteiger partial charge in [-0.05, 0) is 18.6 Å². The fourth-order valence-electron chi connectivity index (χ4n) is 2.50. The summed E-state index contributed by atoms with van der Waals surface area (Å²) in [5.41, 5.74) is 2.45. The van der Waals surface area contributed by atoms with E-state index in [0.717, 1.165) is 29.0 Å². The molecule has 0 aromatic heterocycles. The van der Waals surface area contributed by atoms with Crippen LogP contribution in [0.2, 0.25) is 0 Å². The van der Waals surface area contributed by atoms with Crippen LogP contribution in [0.15, 0.2) is 72.3 Å². The van der Waals surface area contributed by atoms with Crippen molar-refractivity contribution in [3.63, 3.8) is 0 Å².